The molecule has 114 heteroatoms. The molecular weight excluding hydrogens is 1650 g/mol. The largest absolute Gasteiger partial charge is 0.497 e. The minimum atomic E-state index is -2.39. The Hall–Kier alpha value is 3.46. The molecule has 107 radical (unpaired) electrons. The Kier molecular flexibility index (Phi) is 63.4. The highest BCUT2D eigenvalue weighted by Gasteiger charge is 2.70. The number of methoxy groups -OCH3 is 1. The van der Waals surface area contributed by atoms with Crippen molar-refractivity contribution < 1.29 is 42.9 Å². The van der Waals surface area contributed by atoms with E-state index in [4.69, 9.17) is 434 Å². The van der Waals surface area contributed by atoms with Gasteiger partial charge in [-0.3, -0.25) is 9.59 Å². The fourth-order valence-electron chi connectivity index (χ4n) is 25.2. The molecule has 2 saturated heterocycles. The maximum atomic E-state index is 12.7. The van der Waals surface area contributed by atoms with Crippen molar-refractivity contribution >= 4 is 767 Å². The molecule has 2 saturated carbocycles. The lowest BCUT2D eigenvalue weighted by atomic mass is 8.18. The number of carbonyl (C=O) groups excluding carboxylic acids is 4. The first-order chi connectivity index (χ1) is 66.7. The van der Waals surface area contributed by atoms with E-state index in [1.165, 1.54) is 0 Å². The molecule has 0 spiro atoms. The first-order valence-electron chi connectivity index (χ1n) is 48.8. The molecule has 145 heavy (non-hydrogen) atoms. The van der Waals surface area contributed by atoms with Gasteiger partial charge in [0.05, 0.1) is 7.11 Å². The summed E-state index contributed by atoms with van der Waals surface area (Å²) in [6, 6.07) is 7.65. The molecule has 0 amide bonds. The Morgan fingerprint density at radius 3 is 0.648 bits per heavy atom. The number of ether oxygens (including phenoxy) is 5. The maximum absolute atomic E-state index is 12.7. The third kappa shape index (κ3) is 37.8. The van der Waals surface area contributed by atoms with Crippen LogP contribution < -0.4 is 4.74 Å². The molecular formula is C31H40B105O9. The Balaban J connectivity index is 0.00000108. The van der Waals surface area contributed by atoms with E-state index < -0.39 is 372 Å². The number of hydrogen-bond acceptors (Lipinski definition) is 9. The molecule has 2 aliphatic heterocycles. The Morgan fingerprint density at radius 2 is 0.455 bits per heavy atom. The minimum absolute atomic E-state index is 0.138. The normalized spacial score (nSPS) is 13.7. The van der Waals surface area contributed by atoms with Gasteiger partial charge in [-0.1, -0.05) is 37.8 Å². The molecule has 0 bridgehead atoms. The lowest BCUT2D eigenvalue weighted by molar-refractivity contribution is -0.244. The number of hydrogen-bond donors (Lipinski definition) is 0. The second-order valence-corrected chi connectivity index (χ2v) is 41.5. The molecule has 2 heterocycles. The zero-order valence-electron chi connectivity index (χ0n) is 84.8. The van der Waals surface area contributed by atoms with Crippen LogP contribution in [0.4, 0.5) is 0 Å². The Morgan fingerprint density at radius 1 is 0.262 bits per heavy atom. The molecule has 1 aromatic rings. The minimum Gasteiger partial charge on any atom is -0.497 e. The van der Waals surface area contributed by atoms with Gasteiger partial charge in [0.25, 0.3) is 11.6 Å². The SMILES string of the molecule is CC1(C)OC(=O)C(=C2CCCCC2)C(=O)O1.COc1cccc(C2(C3C(=O)OC(C)(C)OC3=O)CCCCC2)c1.[B][B]B(B([B])[B])B(B([B])[B])B(B(B(B([B])[B])B([B])[B])B(B([B])[B])B([B])[B])B(B(B(B([B])[B])B([B])[B])B(B([B])[B])B([B])[B])B(B(B(B(B([B])[B])B([B])[B])B(B([B])[B])B([B])[B])B(B(B([B])[B])B([B])[B])B(B([B])[B])B([B])[B])B(B(B(B([B])[B])B([B])[B])B(B([B])[B])B([B])[B])B(B(B([B])[B])B([B])[B])B(B([B])[B])B([B])[B]. The number of allylic oxidation sites excluding steroid dienone is 1. The van der Waals surface area contributed by atoms with Crippen molar-refractivity contribution in [3.63, 3.8) is 0 Å². The van der Waals surface area contributed by atoms with Gasteiger partial charge in [0.1, 0.15) is 11.3 Å². The third-order valence-corrected chi connectivity index (χ3v) is 30.4. The fourth-order valence-corrected chi connectivity index (χ4v) is 25.2. The summed E-state index contributed by atoms with van der Waals surface area (Å²) in [5.74, 6) is -4.56. The molecule has 2 aliphatic carbocycles. The Labute approximate surface area is 968 Å². The number of carbonyl (C=O) groups is 4. The van der Waals surface area contributed by atoms with Gasteiger partial charge in [0.2, 0.25) is 0 Å². The van der Waals surface area contributed by atoms with Crippen LogP contribution in [0.5, 0.6) is 5.75 Å². The molecule has 9 nitrogen and oxygen atoms in total. The number of rotatable bonds is 54. The van der Waals surface area contributed by atoms with Gasteiger partial charge in [-0.15, -0.1) is 0 Å². The summed E-state index contributed by atoms with van der Waals surface area (Å²) in [6.07, 6.45) is -89.6. The lowest BCUT2D eigenvalue weighted by Crippen LogP contribution is -3.01. The molecule has 1 aromatic carbocycles. The van der Waals surface area contributed by atoms with Gasteiger partial charge in [0.15, 0.2) is 5.92 Å². The summed E-state index contributed by atoms with van der Waals surface area (Å²) in [7, 11) is 383. The highest BCUT2D eigenvalue weighted by molar-refractivity contribution is 8.44. The van der Waals surface area contributed by atoms with E-state index in [1.54, 1.807) is 34.8 Å². The molecule has 5 rings (SSSR count). The van der Waals surface area contributed by atoms with Crippen LogP contribution in [-0.2, 0) is 43.5 Å². The third-order valence-electron chi connectivity index (χ3n) is 30.4. The van der Waals surface area contributed by atoms with E-state index in [0.29, 0.717) is 0 Å². The van der Waals surface area contributed by atoms with Gasteiger partial charge in [-0.25, -0.2) is 9.59 Å². The van der Waals surface area contributed by atoms with Gasteiger partial charge >= 0.3 is 23.9 Å². The van der Waals surface area contributed by atoms with Crippen LogP contribution in [0.15, 0.2) is 35.4 Å². The zero-order valence-corrected chi connectivity index (χ0v) is 84.8. The zero-order chi connectivity index (χ0) is 112. The molecule has 0 unspecified atom stereocenters. The predicted molar refractivity (Wildman–Crippen MR) is 748 cm³/mol. The Bertz CT molecular complexity index is 3520. The average Bonchev–Trinajstić information content (AvgIpc) is 0.702. The number of cyclic esters (lactones) is 4. The van der Waals surface area contributed by atoms with Crippen LogP contribution in [0.2, 0.25) is 0 Å². The van der Waals surface area contributed by atoms with Crippen LogP contribution in [0.3, 0.4) is 0 Å². The first kappa shape index (κ1) is 143. The van der Waals surface area contributed by atoms with Crippen molar-refractivity contribution in [2.24, 2.45) is 5.92 Å². The fraction of sp³-hybridized carbons (Fsp3) is 0.613. The second kappa shape index (κ2) is 64.5. The van der Waals surface area contributed by atoms with E-state index in [2.05, 4.69) is 0 Å². The van der Waals surface area contributed by atoms with Gasteiger partial charge in [-0.2, -0.15) is 0 Å². The van der Waals surface area contributed by atoms with E-state index in [1.807, 2.05) is 24.3 Å². The number of benzene rings is 1. The molecule has 4 aliphatic rings. The van der Waals surface area contributed by atoms with Gasteiger partial charge in [0, 0.05) is 776 Å². The van der Waals surface area contributed by atoms with Crippen LogP contribution in [0.25, 0.3) is 0 Å². The summed E-state index contributed by atoms with van der Waals surface area (Å²) >= 11 is 0. The molecule has 0 atom stereocenters. The highest BCUT2D eigenvalue weighted by atomic mass is 16.8. The number of esters is 4. The van der Waals surface area contributed by atoms with Crippen molar-refractivity contribution in [2.75, 3.05) is 7.11 Å². The van der Waals surface area contributed by atoms with Crippen molar-refractivity contribution in [1.29, 1.82) is 0 Å². The summed E-state index contributed by atoms with van der Waals surface area (Å²) < 4.78 is 26.3. The van der Waals surface area contributed by atoms with Crippen molar-refractivity contribution in [3.05, 3.63) is 41.0 Å². The lowest BCUT2D eigenvalue weighted by Gasteiger charge is -2.63. The molecule has 4 fully saturated rings. The summed E-state index contributed by atoms with van der Waals surface area (Å²) in [6.45, 7) is 6.28. The van der Waals surface area contributed by atoms with Crippen LogP contribution >= 0.6 is 0 Å². The van der Waals surface area contributed by atoms with Crippen molar-refractivity contribution in [2.45, 2.75) is 109 Å². The van der Waals surface area contributed by atoms with Gasteiger partial charge in [-0.05, 0) is 61.8 Å². The monoisotopic (exact) mass is 1710 g/mol. The molecule has 0 aromatic heterocycles. The quantitative estimate of drug-likeness (QED) is 0.0207. The molecule has 0 N–H and O–H groups in total. The van der Waals surface area contributed by atoms with Gasteiger partial charge < -0.3 is 23.7 Å². The van der Waals surface area contributed by atoms with Crippen LogP contribution in [-0.4, -0.2) is 785 Å². The van der Waals surface area contributed by atoms with Crippen molar-refractivity contribution in [1.82, 2.24) is 0 Å². The smallest absolute Gasteiger partial charge is 0.348 e. The summed E-state index contributed by atoms with van der Waals surface area (Å²) in [5, 5.41) is 0. The highest BCUT2D eigenvalue weighted by Crippen LogP contribution is 2.49. The van der Waals surface area contributed by atoms with E-state index >= 15 is 0 Å². The standard InChI is InChI=1S/C19H24O5.C12H16O4.B105/c1-18(2)23-16(20)15(17(21)24-18)19(10-5-4-6-11-19)13-8-7-9-14(12-13)22-3;1-12(2)15-10(13)9(11(14)16-12)8-6-4-3-5-7-8;1-54-81(55(2)3)94(80(52)53)101(95(82(56(4)5)57(6)7)83(58(8)9)59(10)11)104(100(92(76(44)45)77(46)47)93(78(48)49)79(50)51)105(102(96(84(60(12)13)61(14)15)85(62(16)17)63(18)19)97(86(64(20)21)65(22)23)87(66(24)25)67(26)27)103(98(88(68(28)29)69(30)31)89(70(32)33)71(34)35)99(90(72(36)37)73(38)39)91(74(40)41)75(42)43/h7-9,12,15H,4-6,10-11H2,1-3H3;3-7H2,1-2H3;. The van der Waals surface area contributed by atoms with Crippen LogP contribution in [0, 0.1) is 5.92 Å². The van der Waals surface area contributed by atoms with E-state index in [-0.39, 0.29) is 5.57 Å². The second-order valence-electron chi connectivity index (χ2n) is 41.5. The predicted octanol–water partition coefficient (Wildman–Crippen LogP) is -34.6. The van der Waals surface area contributed by atoms with Crippen LogP contribution in [0.1, 0.15) is 97.5 Å². The molecule has 533 valence electrons. The van der Waals surface area contributed by atoms with E-state index in [9.17, 15) is 19.2 Å². The van der Waals surface area contributed by atoms with E-state index in [0.717, 1.165) is 88.2 Å². The maximum Gasteiger partial charge on any atom is 0.348 e. The van der Waals surface area contributed by atoms with Crippen molar-refractivity contribution in [3.8, 4) is 5.75 Å². The summed E-state index contributed by atoms with van der Waals surface area (Å²) in [5.41, 5.74) is 1.40. The summed E-state index contributed by atoms with van der Waals surface area (Å²) in [4.78, 5) is 48.9. The average molecular weight is 1690 g/mol. The first-order valence-corrected chi connectivity index (χ1v) is 48.8. The topological polar surface area (TPSA) is 114 Å².